The predicted octanol–water partition coefficient (Wildman–Crippen LogP) is 10.7. The maximum absolute atomic E-state index is 6.60. The van der Waals surface area contributed by atoms with Gasteiger partial charge < -0.3 is 4.74 Å². The van der Waals surface area contributed by atoms with Gasteiger partial charge in [-0.1, -0.05) is 78.9 Å². The standard InChI is InChI=1S/C42H26N4O/c1-3-8-27(9-4-1)29-14-19-38-35(24-29)33-17-15-30(25-36(33)41-43-20-22-45(38)41)47-31-16-18-34-37(26-31)42-44-21-23-46(42)39-13-7-12-32(40(34)39)28-10-5-2-6-11-28/h1-26H. The molecule has 0 bridgehead atoms. The van der Waals surface area contributed by atoms with Gasteiger partial charge in [-0.2, -0.15) is 0 Å². The lowest BCUT2D eigenvalue weighted by atomic mass is 9.96. The Hall–Kier alpha value is -6.46. The van der Waals surface area contributed by atoms with Gasteiger partial charge in [-0.25, -0.2) is 9.97 Å². The number of rotatable bonds is 4. The second-order valence-corrected chi connectivity index (χ2v) is 11.9. The van der Waals surface area contributed by atoms with E-state index in [1.165, 1.54) is 33.0 Å². The van der Waals surface area contributed by atoms with Gasteiger partial charge in [-0.05, 0) is 87.6 Å². The summed E-state index contributed by atoms with van der Waals surface area (Å²) in [5, 5.41) is 6.73. The minimum atomic E-state index is 0.754. The molecule has 6 aromatic carbocycles. The Morgan fingerprint density at radius 2 is 1.06 bits per heavy atom. The first kappa shape index (κ1) is 25.8. The van der Waals surface area contributed by atoms with E-state index in [0.29, 0.717) is 0 Å². The molecule has 0 atom stereocenters. The molecule has 10 aromatic rings. The highest BCUT2D eigenvalue weighted by atomic mass is 16.5. The normalized spacial score (nSPS) is 11.8. The zero-order chi connectivity index (χ0) is 30.9. The SMILES string of the molecule is c1ccc(-c2ccc3c(c2)c2ccc(Oc4ccc5c(c4)c4nccn4c4cccc(-c6ccccc6)c54)cc2c2nccn32)cc1. The van der Waals surface area contributed by atoms with Crippen LogP contribution in [0, 0.1) is 0 Å². The van der Waals surface area contributed by atoms with Crippen LogP contribution in [0.4, 0.5) is 0 Å². The van der Waals surface area contributed by atoms with Crippen molar-refractivity contribution in [2.24, 2.45) is 0 Å². The third-order valence-corrected chi connectivity index (χ3v) is 9.29. The second kappa shape index (κ2) is 10.0. The summed E-state index contributed by atoms with van der Waals surface area (Å²) in [6.45, 7) is 0. The number of fused-ring (bicyclic) bond motifs is 12. The van der Waals surface area contributed by atoms with E-state index < -0.39 is 0 Å². The largest absolute Gasteiger partial charge is 0.457 e. The third kappa shape index (κ3) is 3.97. The number of nitrogens with zero attached hydrogens (tertiary/aromatic N) is 4. The molecule has 47 heavy (non-hydrogen) atoms. The van der Waals surface area contributed by atoms with Crippen LogP contribution in [0.15, 0.2) is 158 Å². The summed E-state index contributed by atoms with van der Waals surface area (Å²) >= 11 is 0. The van der Waals surface area contributed by atoms with E-state index in [1.54, 1.807) is 0 Å². The van der Waals surface area contributed by atoms with E-state index in [0.717, 1.165) is 55.4 Å². The molecule has 0 amide bonds. The van der Waals surface area contributed by atoms with Gasteiger partial charge in [0.1, 0.15) is 22.8 Å². The van der Waals surface area contributed by atoms with Crippen molar-refractivity contribution in [3.63, 3.8) is 0 Å². The number of hydrogen-bond acceptors (Lipinski definition) is 3. The summed E-state index contributed by atoms with van der Waals surface area (Å²) in [6, 6.07) is 46.9. The first-order chi connectivity index (χ1) is 23.3. The van der Waals surface area contributed by atoms with Crippen LogP contribution in [0.5, 0.6) is 11.5 Å². The molecular formula is C42H26N4O. The second-order valence-electron chi connectivity index (χ2n) is 11.9. The minimum absolute atomic E-state index is 0.754. The average Bonchev–Trinajstić information content (AvgIpc) is 3.84. The van der Waals surface area contributed by atoms with Gasteiger partial charge in [0.25, 0.3) is 0 Å². The van der Waals surface area contributed by atoms with E-state index in [2.05, 4.69) is 136 Å². The Morgan fingerprint density at radius 1 is 0.426 bits per heavy atom. The maximum atomic E-state index is 6.60. The number of imidazole rings is 2. The summed E-state index contributed by atoms with van der Waals surface area (Å²) in [5.74, 6) is 1.51. The zero-order valence-corrected chi connectivity index (χ0v) is 25.2. The van der Waals surface area contributed by atoms with Crippen LogP contribution in [-0.4, -0.2) is 18.8 Å². The number of benzene rings is 6. The van der Waals surface area contributed by atoms with Crippen molar-refractivity contribution in [2.75, 3.05) is 0 Å². The van der Waals surface area contributed by atoms with Gasteiger partial charge in [-0.15, -0.1) is 0 Å². The fourth-order valence-electron chi connectivity index (χ4n) is 7.18. The van der Waals surface area contributed by atoms with Crippen molar-refractivity contribution in [1.29, 1.82) is 0 Å². The molecule has 10 rings (SSSR count). The van der Waals surface area contributed by atoms with Crippen LogP contribution in [0.1, 0.15) is 0 Å². The van der Waals surface area contributed by atoms with Crippen LogP contribution < -0.4 is 4.74 Å². The maximum Gasteiger partial charge on any atom is 0.145 e. The third-order valence-electron chi connectivity index (χ3n) is 9.29. The Labute approximate surface area is 269 Å². The molecule has 0 saturated carbocycles. The number of ether oxygens (including phenoxy) is 1. The Balaban J connectivity index is 1.13. The topological polar surface area (TPSA) is 43.8 Å². The number of aromatic nitrogens is 4. The fraction of sp³-hybridized carbons (Fsp3) is 0. The highest BCUT2D eigenvalue weighted by molar-refractivity contribution is 6.17. The van der Waals surface area contributed by atoms with Gasteiger partial charge in [0.2, 0.25) is 0 Å². The zero-order valence-electron chi connectivity index (χ0n) is 25.2. The Bertz CT molecular complexity index is 2820. The molecule has 0 N–H and O–H groups in total. The molecular weight excluding hydrogens is 576 g/mol. The summed E-state index contributed by atoms with van der Waals surface area (Å²) < 4.78 is 10.9. The summed E-state index contributed by atoms with van der Waals surface area (Å²) in [7, 11) is 0. The summed E-state index contributed by atoms with van der Waals surface area (Å²) in [5.41, 5.74) is 8.81. The molecule has 0 aliphatic rings. The monoisotopic (exact) mass is 602 g/mol. The minimum Gasteiger partial charge on any atom is -0.457 e. The van der Waals surface area contributed by atoms with Crippen LogP contribution in [0.25, 0.3) is 76.9 Å². The van der Waals surface area contributed by atoms with Crippen molar-refractivity contribution >= 4 is 54.6 Å². The van der Waals surface area contributed by atoms with Gasteiger partial charge in [0, 0.05) is 46.3 Å². The molecule has 0 unspecified atom stereocenters. The molecule has 0 radical (unpaired) electrons. The summed E-state index contributed by atoms with van der Waals surface area (Å²) in [6.07, 6.45) is 7.79. The van der Waals surface area contributed by atoms with Gasteiger partial charge in [-0.3, -0.25) is 8.80 Å². The lowest BCUT2D eigenvalue weighted by Gasteiger charge is -2.15. The van der Waals surface area contributed by atoms with Crippen LogP contribution in [-0.2, 0) is 0 Å². The van der Waals surface area contributed by atoms with Crippen molar-refractivity contribution in [3.05, 3.63) is 158 Å². The predicted molar refractivity (Wildman–Crippen MR) is 191 cm³/mol. The molecule has 0 saturated heterocycles. The Kier molecular flexibility index (Phi) is 5.51. The van der Waals surface area contributed by atoms with Crippen LogP contribution in [0.2, 0.25) is 0 Å². The molecule has 4 heterocycles. The lowest BCUT2D eigenvalue weighted by Crippen LogP contribution is -1.94. The quantitative estimate of drug-likeness (QED) is 0.188. The highest BCUT2D eigenvalue weighted by Gasteiger charge is 2.16. The molecule has 0 aliphatic heterocycles. The van der Waals surface area contributed by atoms with Crippen molar-refractivity contribution in [1.82, 2.24) is 18.8 Å². The molecule has 5 heteroatoms. The molecule has 5 nitrogen and oxygen atoms in total. The summed E-state index contributed by atoms with van der Waals surface area (Å²) in [4.78, 5) is 9.52. The Morgan fingerprint density at radius 3 is 1.79 bits per heavy atom. The average molecular weight is 603 g/mol. The van der Waals surface area contributed by atoms with E-state index in [4.69, 9.17) is 14.7 Å². The van der Waals surface area contributed by atoms with E-state index in [1.807, 2.05) is 30.9 Å². The first-order valence-corrected chi connectivity index (χ1v) is 15.7. The smallest absolute Gasteiger partial charge is 0.145 e. The van der Waals surface area contributed by atoms with Crippen molar-refractivity contribution < 1.29 is 4.74 Å². The lowest BCUT2D eigenvalue weighted by molar-refractivity contribution is 0.484. The van der Waals surface area contributed by atoms with Crippen molar-refractivity contribution in [3.8, 4) is 33.8 Å². The number of pyridine rings is 2. The van der Waals surface area contributed by atoms with Gasteiger partial charge in [0.15, 0.2) is 0 Å². The molecule has 0 fully saturated rings. The fourth-order valence-corrected chi connectivity index (χ4v) is 7.18. The van der Waals surface area contributed by atoms with Crippen LogP contribution >= 0.6 is 0 Å². The molecule has 0 aliphatic carbocycles. The van der Waals surface area contributed by atoms with Gasteiger partial charge in [0.05, 0.1) is 11.0 Å². The number of hydrogen-bond donors (Lipinski definition) is 0. The molecule has 0 spiro atoms. The highest BCUT2D eigenvalue weighted by Crippen LogP contribution is 2.39. The van der Waals surface area contributed by atoms with E-state index >= 15 is 0 Å². The van der Waals surface area contributed by atoms with E-state index in [-0.39, 0.29) is 0 Å². The molecule has 4 aromatic heterocycles. The van der Waals surface area contributed by atoms with Crippen molar-refractivity contribution in [2.45, 2.75) is 0 Å². The molecule has 220 valence electrons. The van der Waals surface area contributed by atoms with E-state index in [9.17, 15) is 0 Å². The van der Waals surface area contributed by atoms with Crippen LogP contribution in [0.3, 0.4) is 0 Å². The first-order valence-electron chi connectivity index (χ1n) is 15.7. The van der Waals surface area contributed by atoms with Gasteiger partial charge >= 0.3 is 0 Å².